The molecule has 2 rings (SSSR count). The lowest BCUT2D eigenvalue weighted by Crippen LogP contribution is -2.29. The Labute approximate surface area is 125 Å². The van der Waals surface area contributed by atoms with Crippen LogP contribution in [0.1, 0.15) is 50.5 Å². The lowest BCUT2D eigenvalue weighted by Gasteiger charge is -2.34. The Bertz CT molecular complexity index is 501. The molecule has 0 aliphatic heterocycles. The summed E-state index contributed by atoms with van der Waals surface area (Å²) >= 11 is 0. The summed E-state index contributed by atoms with van der Waals surface area (Å²) in [6, 6.07) is 4.83. The molecule has 116 valence electrons. The van der Waals surface area contributed by atoms with Crippen molar-refractivity contribution >= 4 is 5.97 Å². The summed E-state index contributed by atoms with van der Waals surface area (Å²) in [4.78, 5) is 11.5. The molecule has 1 saturated carbocycles. The number of rotatable bonds is 5. The SMILES string of the molecule is CCCC1CCC(C(=O)O)C(c2ccc(OC)c(F)c2)C1. The van der Waals surface area contributed by atoms with Crippen LogP contribution in [-0.2, 0) is 4.79 Å². The van der Waals surface area contributed by atoms with Gasteiger partial charge in [-0.3, -0.25) is 4.79 Å². The van der Waals surface area contributed by atoms with E-state index in [-0.39, 0.29) is 11.7 Å². The van der Waals surface area contributed by atoms with E-state index in [0.29, 0.717) is 12.3 Å². The third-order valence-corrected chi connectivity index (χ3v) is 4.58. The van der Waals surface area contributed by atoms with Gasteiger partial charge in [0.1, 0.15) is 0 Å². The highest BCUT2D eigenvalue weighted by Gasteiger charge is 2.35. The van der Waals surface area contributed by atoms with Gasteiger partial charge in [0.2, 0.25) is 0 Å². The topological polar surface area (TPSA) is 46.5 Å². The van der Waals surface area contributed by atoms with E-state index in [0.717, 1.165) is 31.2 Å². The number of benzene rings is 1. The molecule has 3 nitrogen and oxygen atoms in total. The van der Waals surface area contributed by atoms with Crippen molar-refractivity contribution in [2.45, 2.75) is 44.9 Å². The molecule has 1 N–H and O–H groups in total. The fraction of sp³-hybridized carbons (Fsp3) is 0.588. The first-order valence-corrected chi connectivity index (χ1v) is 7.63. The zero-order chi connectivity index (χ0) is 15.4. The number of carbonyl (C=O) groups is 1. The number of halogens is 1. The van der Waals surface area contributed by atoms with E-state index >= 15 is 0 Å². The monoisotopic (exact) mass is 294 g/mol. The standard InChI is InChI=1S/C17H23FO3/c1-3-4-11-5-7-13(17(19)20)14(9-11)12-6-8-16(21-2)15(18)10-12/h6,8,10-11,13-14H,3-5,7,9H2,1-2H3,(H,19,20). The molecule has 1 aromatic carbocycles. The van der Waals surface area contributed by atoms with E-state index in [1.54, 1.807) is 12.1 Å². The van der Waals surface area contributed by atoms with Gasteiger partial charge in [0, 0.05) is 0 Å². The summed E-state index contributed by atoms with van der Waals surface area (Å²) in [5.41, 5.74) is 0.779. The van der Waals surface area contributed by atoms with Crippen LogP contribution >= 0.6 is 0 Å². The maximum Gasteiger partial charge on any atom is 0.307 e. The van der Waals surface area contributed by atoms with Crippen molar-refractivity contribution in [2.75, 3.05) is 7.11 Å². The van der Waals surface area contributed by atoms with Crippen LogP contribution in [0.15, 0.2) is 18.2 Å². The van der Waals surface area contributed by atoms with Gasteiger partial charge in [-0.2, -0.15) is 0 Å². The quantitative estimate of drug-likeness (QED) is 0.884. The third kappa shape index (κ3) is 3.55. The van der Waals surface area contributed by atoms with Gasteiger partial charge in [-0.15, -0.1) is 0 Å². The molecule has 0 saturated heterocycles. The summed E-state index contributed by atoms with van der Waals surface area (Å²) in [5, 5.41) is 9.44. The van der Waals surface area contributed by atoms with E-state index in [2.05, 4.69) is 6.92 Å². The van der Waals surface area contributed by atoms with Crippen molar-refractivity contribution in [3.63, 3.8) is 0 Å². The minimum absolute atomic E-state index is 0.104. The fourth-order valence-electron chi connectivity index (χ4n) is 3.51. The van der Waals surface area contributed by atoms with Crippen LogP contribution in [0.5, 0.6) is 5.75 Å². The van der Waals surface area contributed by atoms with Crippen molar-refractivity contribution in [1.29, 1.82) is 0 Å². The minimum Gasteiger partial charge on any atom is -0.494 e. The minimum atomic E-state index is -0.772. The number of carboxylic acids is 1. The summed E-state index contributed by atoms with van der Waals surface area (Å²) in [7, 11) is 1.43. The zero-order valence-electron chi connectivity index (χ0n) is 12.6. The highest BCUT2D eigenvalue weighted by Crippen LogP contribution is 2.43. The molecule has 1 aliphatic carbocycles. The molecule has 0 aromatic heterocycles. The average Bonchev–Trinajstić information content (AvgIpc) is 2.47. The molecule has 0 amide bonds. The number of ether oxygens (including phenoxy) is 1. The van der Waals surface area contributed by atoms with Crippen molar-refractivity contribution in [1.82, 2.24) is 0 Å². The van der Waals surface area contributed by atoms with Crippen LogP contribution in [0, 0.1) is 17.7 Å². The second-order valence-corrected chi connectivity index (χ2v) is 5.91. The maximum atomic E-state index is 13.9. The Balaban J connectivity index is 2.26. The van der Waals surface area contributed by atoms with Gasteiger partial charge < -0.3 is 9.84 Å². The predicted octanol–water partition coefficient (Wildman–Crippen LogP) is 4.22. The van der Waals surface area contributed by atoms with Crippen LogP contribution in [0.4, 0.5) is 4.39 Å². The summed E-state index contributed by atoms with van der Waals surface area (Å²) in [6.07, 6.45) is 4.68. The van der Waals surface area contributed by atoms with Crippen LogP contribution in [-0.4, -0.2) is 18.2 Å². The number of hydrogen-bond donors (Lipinski definition) is 1. The molecule has 0 heterocycles. The number of methoxy groups -OCH3 is 1. The van der Waals surface area contributed by atoms with Gasteiger partial charge in [-0.25, -0.2) is 4.39 Å². The van der Waals surface area contributed by atoms with Gasteiger partial charge in [-0.05, 0) is 48.8 Å². The molecule has 1 fully saturated rings. The molecule has 3 unspecified atom stereocenters. The van der Waals surface area contributed by atoms with E-state index in [1.165, 1.54) is 13.2 Å². The Morgan fingerprint density at radius 1 is 1.43 bits per heavy atom. The van der Waals surface area contributed by atoms with Crippen LogP contribution in [0.2, 0.25) is 0 Å². The molecular weight excluding hydrogens is 271 g/mol. The first-order valence-electron chi connectivity index (χ1n) is 7.63. The highest BCUT2D eigenvalue weighted by atomic mass is 19.1. The molecule has 1 aliphatic rings. The van der Waals surface area contributed by atoms with Gasteiger partial charge in [0.25, 0.3) is 0 Å². The number of carboxylic acid groups (broad SMARTS) is 1. The van der Waals surface area contributed by atoms with Crippen molar-refractivity contribution in [3.05, 3.63) is 29.6 Å². The second kappa shape index (κ2) is 6.92. The van der Waals surface area contributed by atoms with Gasteiger partial charge in [0.05, 0.1) is 13.0 Å². The van der Waals surface area contributed by atoms with Crippen LogP contribution < -0.4 is 4.74 Å². The first-order chi connectivity index (χ1) is 10.1. The van der Waals surface area contributed by atoms with Crippen molar-refractivity contribution in [3.8, 4) is 5.75 Å². The second-order valence-electron chi connectivity index (χ2n) is 5.91. The molecule has 3 atom stereocenters. The van der Waals surface area contributed by atoms with Crippen LogP contribution in [0.3, 0.4) is 0 Å². The predicted molar refractivity (Wildman–Crippen MR) is 79.1 cm³/mol. The lowest BCUT2D eigenvalue weighted by atomic mass is 9.70. The molecule has 4 heteroatoms. The van der Waals surface area contributed by atoms with Gasteiger partial charge >= 0.3 is 5.97 Å². The van der Waals surface area contributed by atoms with Crippen molar-refractivity contribution in [2.24, 2.45) is 11.8 Å². The molecule has 1 aromatic rings. The first kappa shape index (κ1) is 15.8. The van der Waals surface area contributed by atoms with Gasteiger partial charge in [-0.1, -0.05) is 25.8 Å². The van der Waals surface area contributed by atoms with E-state index in [4.69, 9.17) is 4.74 Å². The summed E-state index contributed by atoms with van der Waals surface area (Å²) < 4.78 is 18.8. The Kier molecular flexibility index (Phi) is 5.21. The smallest absolute Gasteiger partial charge is 0.307 e. The lowest BCUT2D eigenvalue weighted by molar-refractivity contribution is -0.143. The average molecular weight is 294 g/mol. The third-order valence-electron chi connectivity index (χ3n) is 4.58. The Hall–Kier alpha value is -1.58. The largest absolute Gasteiger partial charge is 0.494 e. The van der Waals surface area contributed by atoms with E-state index in [9.17, 15) is 14.3 Å². The Morgan fingerprint density at radius 3 is 2.76 bits per heavy atom. The van der Waals surface area contributed by atoms with Gasteiger partial charge in [0.15, 0.2) is 11.6 Å². The zero-order valence-corrected chi connectivity index (χ0v) is 12.6. The fourth-order valence-corrected chi connectivity index (χ4v) is 3.51. The molecule has 0 bridgehead atoms. The number of aliphatic carboxylic acids is 1. The van der Waals surface area contributed by atoms with Crippen LogP contribution in [0.25, 0.3) is 0 Å². The highest BCUT2D eigenvalue weighted by molar-refractivity contribution is 5.71. The maximum absolute atomic E-state index is 13.9. The molecule has 0 spiro atoms. The molecule has 0 radical (unpaired) electrons. The van der Waals surface area contributed by atoms with Crippen molar-refractivity contribution < 1.29 is 19.0 Å². The Morgan fingerprint density at radius 2 is 2.19 bits per heavy atom. The normalized spacial score (nSPS) is 25.6. The van der Waals surface area contributed by atoms with E-state index in [1.807, 2.05) is 0 Å². The van der Waals surface area contributed by atoms with E-state index < -0.39 is 17.7 Å². The molecule has 21 heavy (non-hydrogen) atoms. The summed E-state index contributed by atoms with van der Waals surface area (Å²) in [6.45, 7) is 2.14. The summed E-state index contributed by atoms with van der Waals surface area (Å²) in [5.74, 6) is -0.964. The number of hydrogen-bond acceptors (Lipinski definition) is 2. The molecular formula is C17H23FO3.